The highest BCUT2D eigenvalue weighted by atomic mass is 32.2. The second-order valence-corrected chi connectivity index (χ2v) is 4.79. The topological polar surface area (TPSA) is 69.6 Å². The van der Waals surface area contributed by atoms with Crippen molar-refractivity contribution in [2.24, 2.45) is 5.92 Å². The molecular weight excluding hydrogens is 228 g/mol. The van der Waals surface area contributed by atoms with E-state index in [0.29, 0.717) is 13.1 Å². The van der Waals surface area contributed by atoms with Gasteiger partial charge in [0, 0.05) is 32.3 Å². The van der Waals surface area contributed by atoms with Crippen molar-refractivity contribution in [3.63, 3.8) is 0 Å². The number of rotatable bonds is 7. The maximum atomic E-state index is 11.5. The third-order valence-electron chi connectivity index (χ3n) is 2.10. The molecule has 16 heavy (non-hydrogen) atoms. The van der Waals surface area contributed by atoms with Gasteiger partial charge in [0.1, 0.15) is 0 Å². The van der Waals surface area contributed by atoms with Crippen molar-refractivity contribution in [2.75, 3.05) is 32.1 Å². The molecule has 2 amide bonds. The van der Waals surface area contributed by atoms with E-state index in [0.717, 1.165) is 5.75 Å². The number of amides is 2. The second-order valence-electron chi connectivity index (χ2n) is 3.80. The van der Waals surface area contributed by atoms with Gasteiger partial charge in [-0.1, -0.05) is 6.92 Å². The predicted molar refractivity (Wildman–Crippen MR) is 65.8 cm³/mol. The predicted octanol–water partition coefficient (Wildman–Crippen LogP) is 1.10. The Morgan fingerprint density at radius 1 is 1.50 bits per heavy atom. The Morgan fingerprint density at radius 3 is 2.62 bits per heavy atom. The molecule has 0 aromatic heterocycles. The fourth-order valence-electron chi connectivity index (χ4n) is 1.10. The van der Waals surface area contributed by atoms with Crippen LogP contribution >= 0.6 is 11.8 Å². The highest BCUT2D eigenvalue weighted by Crippen LogP contribution is 2.00. The molecule has 0 aliphatic rings. The maximum Gasteiger partial charge on any atom is 0.317 e. The average molecular weight is 248 g/mol. The number of nitrogens with one attached hydrogen (secondary N) is 1. The van der Waals surface area contributed by atoms with E-state index >= 15 is 0 Å². The van der Waals surface area contributed by atoms with Gasteiger partial charge in [-0.15, -0.1) is 0 Å². The molecule has 0 aromatic rings. The fraction of sp³-hybridized carbons (Fsp3) is 0.800. The number of urea groups is 1. The van der Waals surface area contributed by atoms with Crippen LogP contribution in [0.5, 0.6) is 0 Å². The van der Waals surface area contributed by atoms with E-state index in [1.165, 1.54) is 0 Å². The first-order valence-corrected chi connectivity index (χ1v) is 6.56. The van der Waals surface area contributed by atoms with Crippen molar-refractivity contribution >= 4 is 23.8 Å². The van der Waals surface area contributed by atoms with Crippen LogP contribution in [0.3, 0.4) is 0 Å². The van der Waals surface area contributed by atoms with E-state index in [9.17, 15) is 9.59 Å². The molecule has 1 atom stereocenters. The highest BCUT2D eigenvalue weighted by Gasteiger charge is 2.11. The number of carboxylic acids is 1. The van der Waals surface area contributed by atoms with Gasteiger partial charge >= 0.3 is 12.0 Å². The summed E-state index contributed by atoms with van der Waals surface area (Å²) in [5.74, 6) is 0.0158. The standard InChI is InChI=1S/C10H20N2O3S/c1-8(6-9(13)14)7-11-10(15)12(2)4-5-16-3/h8H,4-7H2,1-3H3,(H,11,15)(H,13,14). The van der Waals surface area contributed by atoms with Gasteiger partial charge < -0.3 is 15.3 Å². The fourth-order valence-corrected chi connectivity index (χ4v) is 1.55. The number of aliphatic carboxylic acids is 1. The second kappa shape index (κ2) is 8.27. The van der Waals surface area contributed by atoms with Crippen molar-refractivity contribution < 1.29 is 14.7 Å². The number of carboxylic acid groups (broad SMARTS) is 1. The molecule has 0 aliphatic heterocycles. The number of hydrogen-bond acceptors (Lipinski definition) is 3. The van der Waals surface area contributed by atoms with E-state index in [1.54, 1.807) is 30.6 Å². The highest BCUT2D eigenvalue weighted by molar-refractivity contribution is 7.98. The molecule has 0 bridgehead atoms. The molecule has 0 aromatic carbocycles. The molecule has 0 aliphatic carbocycles. The number of carbonyl (C=O) groups is 2. The average Bonchev–Trinajstić information content (AvgIpc) is 2.21. The molecule has 94 valence electrons. The number of nitrogens with zero attached hydrogens (tertiary/aromatic N) is 1. The lowest BCUT2D eigenvalue weighted by Crippen LogP contribution is -2.40. The van der Waals surface area contributed by atoms with Gasteiger partial charge in [0.05, 0.1) is 0 Å². The van der Waals surface area contributed by atoms with E-state index in [1.807, 2.05) is 6.26 Å². The van der Waals surface area contributed by atoms with Gasteiger partial charge in [0.15, 0.2) is 0 Å². The summed E-state index contributed by atoms with van der Waals surface area (Å²) in [4.78, 5) is 23.5. The van der Waals surface area contributed by atoms with Crippen molar-refractivity contribution in [3.05, 3.63) is 0 Å². The van der Waals surface area contributed by atoms with Crippen LogP contribution < -0.4 is 5.32 Å². The summed E-state index contributed by atoms with van der Waals surface area (Å²) < 4.78 is 0. The normalized spacial score (nSPS) is 11.9. The van der Waals surface area contributed by atoms with Gasteiger partial charge in [0.2, 0.25) is 0 Å². The van der Waals surface area contributed by atoms with Gasteiger partial charge in [-0.25, -0.2) is 4.79 Å². The molecule has 0 fully saturated rings. The van der Waals surface area contributed by atoms with E-state index < -0.39 is 5.97 Å². The lowest BCUT2D eigenvalue weighted by atomic mass is 10.1. The molecule has 5 nitrogen and oxygen atoms in total. The number of hydrogen-bond donors (Lipinski definition) is 2. The van der Waals surface area contributed by atoms with Crippen molar-refractivity contribution in [1.82, 2.24) is 10.2 Å². The van der Waals surface area contributed by atoms with Gasteiger partial charge in [0.25, 0.3) is 0 Å². The van der Waals surface area contributed by atoms with Crippen LogP contribution in [-0.4, -0.2) is 54.2 Å². The maximum absolute atomic E-state index is 11.5. The third-order valence-corrected chi connectivity index (χ3v) is 2.69. The molecule has 1 unspecified atom stereocenters. The zero-order chi connectivity index (χ0) is 12.6. The Bertz CT molecular complexity index is 236. The van der Waals surface area contributed by atoms with Gasteiger partial charge in [-0.3, -0.25) is 4.79 Å². The quantitative estimate of drug-likeness (QED) is 0.708. The molecular formula is C10H20N2O3S. The third kappa shape index (κ3) is 7.39. The van der Waals surface area contributed by atoms with Crippen LogP contribution in [0.1, 0.15) is 13.3 Å². The Hall–Kier alpha value is -0.910. The largest absolute Gasteiger partial charge is 0.481 e. The van der Waals surface area contributed by atoms with Crippen LogP contribution in [0.4, 0.5) is 4.79 Å². The Kier molecular flexibility index (Phi) is 7.80. The van der Waals surface area contributed by atoms with Crippen molar-refractivity contribution in [3.8, 4) is 0 Å². The zero-order valence-electron chi connectivity index (χ0n) is 10.0. The van der Waals surface area contributed by atoms with Crippen LogP contribution in [0.15, 0.2) is 0 Å². The Morgan fingerprint density at radius 2 is 2.12 bits per heavy atom. The minimum Gasteiger partial charge on any atom is -0.481 e. The first-order chi connectivity index (χ1) is 7.47. The summed E-state index contributed by atoms with van der Waals surface area (Å²) in [6.45, 7) is 2.89. The summed E-state index contributed by atoms with van der Waals surface area (Å²) in [6, 6.07) is -0.147. The van der Waals surface area contributed by atoms with E-state index in [4.69, 9.17) is 5.11 Å². The van der Waals surface area contributed by atoms with Crippen LogP contribution in [0, 0.1) is 5.92 Å². The summed E-state index contributed by atoms with van der Waals surface area (Å²) >= 11 is 1.68. The van der Waals surface area contributed by atoms with Gasteiger partial charge in [-0.2, -0.15) is 11.8 Å². The van der Waals surface area contributed by atoms with Crippen molar-refractivity contribution in [2.45, 2.75) is 13.3 Å². The van der Waals surface area contributed by atoms with Crippen LogP contribution in [0.2, 0.25) is 0 Å². The van der Waals surface area contributed by atoms with E-state index in [-0.39, 0.29) is 18.4 Å². The van der Waals surface area contributed by atoms with Crippen LogP contribution in [-0.2, 0) is 4.79 Å². The Balaban J connectivity index is 3.74. The van der Waals surface area contributed by atoms with Gasteiger partial charge in [-0.05, 0) is 12.2 Å². The molecule has 0 rings (SSSR count). The monoisotopic (exact) mass is 248 g/mol. The Labute approximate surface area is 101 Å². The lowest BCUT2D eigenvalue weighted by molar-refractivity contribution is -0.137. The molecule has 6 heteroatoms. The summed E-state index contributed by atoms with van der Waals surface area (Å²) in [7, 11) is 1.73. The molecule has 0 heterocycles. The SMILES string of the molecule is CSCCN(C)C(=O)NCC(C)CC(=O)O. The van der Waals surface area contributed by atoms with Crippen molar-refractivity contribution in [1.29, 1.82) is 0 Å². The summed E-state index contributed by atoms with van der Waals surface area (Å²) in [5, 5.41) is 11.3. The molecule has 0 saturated carbocycles. The smallest absolute Gasteiger partial charge is 0.317 e. The minimum atomic E-state index is -0.836. The zero-order valence-corrected chi connectivity index (χ0v) is 10.8. The van der Waals surface area contributed by atoms with E-state index in [2.05, 4.69) is 5.32 Å². The minimum absolute atomic E-state index is 0.0459. The summed E-state index contributed by atoms with van der Waals surface area (Å²) in [6.07, 6.45) is 2.06. The molecule has 2 N–H and O–H groups in total. The lowest BCUT2D eigenvalue weighted by Gasteiger charge is -2.18. The molecule has 0 radical (unpaired) electrons. The first kappa shape index (κ1) is 15.1. The number of thioether (sulfide) groups is 1. The molecule has 0 spiro atoms. The first-order valence-electron chi connectivity index (χ1n) is 5.17. The van der Waals surface area contributed by atoms with Crippen LogP contribution in [0.25, 0.3) is 0 Å². The molecule has 0 saturated heterocycles. The number of carbonyl (C=O) groups excluding carboxylic acids is 1. The summed E-state index contributed by atoms with van der Waals surface area (Å²) in [5.41, 5.74) is 0.